The molecule has 0 unspecified atom stereocenters. The third-order valence-electron chi connectivity index (χ3n) is 7.65. The van der Waals surface area contributed by atoms with E-state index in [2.05, 4.69) is 16.0 Å². The first-order valence-corrected chi connectivity index (χ1v) is 14.9. The van der Waals surface area contributed by atoms with E-state index in [-0.39, 0.29) is 19.3 Å². The summed E-state index contributed by atoms with van der Waals surface area (Å²) in [7, 11) is 2.69. The monoisotopic (exact) mass is 683 g/mol. The largest absolute Gasteiger partial charge is 0.495 e. The Morgan fingerprint density at radius 1 is 0.735 bits per heavy atom. The van der Waals surface area contributed by atoms with Gasteiger partial charge in [0.15, 0.2) is 47.6 Å². The van der Waals surface area contributed by atoms with Crippen LogP contribution >= 0.6 is 0 Å². The molecule has 3 aliphatic rings. The SMILES string of the molecule is COc1cccc(C)c1NC(=O)O[C@H]1[C@H](OC(=O)Nc2ccc3c(c2)OCO3)[C@H](OC(=O)Nc2ccc3c(c2)OCO3)[C@@H](OC)O[C@@H]1CO. The predicted octanol–water partition coefficient (Wildman–Crippen LogP) is 3.98. The van der Waals surface area contributed by atoms with E-state index < -0.39 is 55.6 Å². The lowest BCUT2D eigenvalue weighted by Crippen LogP contribution is -2.63. The zero-order valence-corrected chi connectivity index (χ0v) is 26.5. The van der Waals surface area contributed by atoms with Crippen LogP contribution in [0.25, 0.3) is 0 Å². The minimum atomic E-state index is -1.59. The maximum absolute atomic E-state index is 13.3. The molecule has 0 saturated carbocycles. The Kier molecular flexibility index (Phi) is 9.93. The number of rotatable bonds is 9. The standard InChI is InChI=1S/C32H33N3O14/c1-16-5-4-6-21(40-2)25(16)35-32(39)47-26-24(13-36)46-29(41-3)28(49-31(38)34-18-8-10-20-23(12-18)45-15-43-20)27(26)48-30(37)33-17-7-9-19-22(11-17)44-14-42-19/h4-12,24,26-29,36H,13-15H2,1-3H3,(H,33,37)(H,34,38)(H,35,39)/t24-,26-,27+,28+,29+/m1/s1. The molecule has 3 heterocycles. The first-order chi connectivity index (χ1) is 23.8. The molecule has 0 aromatic heterocycles. The molecular weight excluding hydrogens is 650 g/mol. The fourth-order valence-electron chi connectivity index (χ4n) is 5.33. The molecule has 0 bridgehead atoms. The molecule has 1 fully saturated rings. The molecule has 0 spiro atoms. The smallest absolute Gasteiger partial charge is 0.412 e. The summed E-state index contributed by atoms with van der Waals surface area (Å²) in [5.41, 5.74) is 1.55. The second kappa shape index (κ2) is 14.6. The highest BCUT2D eigenvalue weighted by atomic mass is 16.7. The van der Waals surface area contributed by atoms with Crippen LogP contribution in [0, 0.1) is 6.92 Å². The maximum atomic E-state index is 13.3. The van der Waals surface area contributed by atoms with E-state index in [1.165, 1.54) is 26.4 Å². The van der Waals surface area contributed by atoms with E-state index in [0.29, 0.717) is 45.7 Å². The Hall–Kier alpha value is -5.65. The number of carbonyl (C=O) groups is 3. The molecule has 0 aliphatic carbocycles. The van der Waals surface area contributed by atoms with Gasteiger partial charge in [-0.15, -0.1) is 0 Å². The third kappa shape index (κ3) is 7.43. The molecule has 17 heteroatoms. The number of aliphatic hydroxyl groups is 1. The Bertz CT molecular complexity index is 1700. The first kappa shape index (κ1) is 33.3. The minimum Gasteiger partial charge on any atom is -0.495 e. The Labute approximate surface area is 279 Å². The van der Waals surface area contributed by atoms with Crippen molar-refractivity contribution in [3.05, 3.63) is 60.2 Å². The molecule has 6 rings (SSSR count). The van der Waals surface area contributed by atoms with Gasteiger partial charge in [-0.25, -0.2) is 14.4 Å². The van der Waals surface area contributed by atoms with Gasteiger partial charge in [0.05, 0.1) is 19.4 Å². The zero-order chi connectivity index (χ0) is 34.5. The lowest BCUT2D eigenvalue weighted by molar-refractivity contribution is -0.290. The summed E-state index contributed by atoms with van der Waals surface area (Å²) in [5.74, 6) is 2.15. The van der Waals surface area contributed by atoms with Crippen molar-refractivity contribution in [1.82, 2.24) is 0 Å². The molecule has 3 aromatic rings. The van der Waals surface area contributed by atoms with Crippen molar-refractivity contribution >= 4 is 35.3 Å². The Balaban J connectivity index is 1.26. The number of aliphatic hydroxyl groups excluding tert-OH is 1. The van der Waals surface area contributed by atoms with Crippen molar-refractivity contribution in [2.75, 3.05) is 50.4 Å². The summed E-state index contributed by atoms with van der Waals surface area (Å²) in [5, 5.41) is 18.0. The number of carbonyl (C=O) groups excluding carboxylic acids is 3. The van der Waals surface area contributed by atoms with Crippen molar-refractivity contribution < 1.29 is 66.9 Å². The number of benzene rings is 3. The van der Waals surface area contributed by atoms with Crippen molar-refractivity contribution in [3.8, 4) is 28.7 Å². The number of amides is 3. The number of ether oxygens (including phenoxy) is 10. The van der Waals surface area contributed by atoms with Crippen LogP contribution in [-0.4, -0.2) is 88.5 Å². The van der Waals surface area contributed by atoms with E-state index >= 15 is 0 Å². The Morgan fingerprint density at radius 3 is 1.86 bits per heavy atom. The average molecular weight is 684 g/mol. The van der Waals surface area contributed by atoms with Crippen molar-refractivity contribution in [2.45, 2.75) is 37.6 Å². The fraction of sp³-hybridized carbons (Fsp3) is 0.344. The summed E-state index contributed by atoms with van der Waals surface area (Å²) < 4.78 is 55.2. The summed E-state index contributed by atoms with van der Waals surface area (Å²) in [4.78, 5) is 39.9. The van der Waals surface area contributed by atoms with Gasteiger partial charge in [-0.2, -0.15) is 0 Å². The molecule has 49 heavy (non-hydrogen) atoms. The fourth-order valence-corrected chi connectivity index (χ4v) is 5.33. The van der Waals surface area contributed by atoms with Gasteiger partial charge in [-0.1, -0.05) is 12.1 Å². The lowest BCUT2D eigenvalue weighted by atomic mass is 9.98. The number of anilines is 3. The van der Waals surface area contributed by atoms with Crippen LogP contribution in [0.5, 0.6) is 28.7 Å². The van der Waals surface area contributed by atoms with Crippen LogP contribution < -0.4 is 39.6 Å². The first-order valence-electron chi connectivity index (χ1n) is 14.9. The zero-order valence-electron chi connectivity index (χ0n) is 26.5. The van der Waals surface area contributed by atoms with Gasteiger partial charge in [-0.3, -0.25) is 16.0 Å². The average Bonchev–Trinajstić information content (AvgIpc) is 3.76. The lowest BCUT2D eigenvalue weighted by Gasteiger charge is -2.43. The summed E-state index contributed by atoms with van der Waals surface area (Å²) in [6, 6.07) is 14.5. The number of methoxy groups -OCH3 is 2. The summed E-state index contributed by atoms with van der Waals surface area (Å²) >= 11 is 0. The van der Waals surface area contributed by atoms with E-state index in [1.54, 1.807) is 49.4 Å². The van der Waals surface area contributed by atoms with Crippen LogP contribution in [0.1, 0.15) is 5.56 Å². The van der Waals surface area contributed by atoms with E-state index in [9.17, 15) is 19.5 Å². The van der Waals surface area contributed by atoms with Crippen LogP contribution in [0.2, 0.25) is 0 Å². The second-order valence-electron chi connectivity index (χ2n) is 10.7. The minimum absolute atomic E-state index is 0.0229. The third-order valence-corrected chi connectivity index (χ3v) is 7.65. The highest BCUT2D eigenvalue weighted by Gasteiger charge is 2.53. The van der Waals surface area contributed by atoms with E-state index in [4.69, 9.17) is 47.4 Å². The normalized spacial score (nSPS) is 21.7. The number of nitrogens with one attached hydrogen (secondary N) is 3. The number of aryl methyl sites for hydroxylation is 1. The van der Waals surface area contributed by atoms with Crippen LogP contribution in [-0.2, 0) is 23.7 Å². The van der Waals surface area contributed by atoms with Crippen LogP contribution in [0.3, 0.4) is 0 Å². The molecule has 260 valence electrons. The van der Waals surface area contributed by atoms with Gasteiger partial charge < -0.3 is 52.5 Å². The number of hydrogen-bond donors (Lipinski definition) is 4. The van der Waals surface area contributed by atoms with E-state index in [0.717, 1.165) is 0 Å². The van der Waals surface area contributed by atoms with E-state index in [1.807, 2.05) is 0 Å². The van der Waals surface area contributed by atoms with Crippen molar-refractivity contribution in [2.24, 2.45) is 0 Å². The van der Waals surface area contributed by atoms with Gasteiger partial charge in [0.2, 0.25) is 13.6 Å². The summed E-state index contributed by atoms with van der Waals surface area (Å²) in [6.07, 6.45) is -10.4. The molecule has 3 aliphatic heterocycles. The molecule has 3 amide bonds. The van der Waals surface area contributed by atoms with Crippen molar-refractivity contribution in [1.29, 1.82) is 0 Å². The van der Waals surface area contributed by atoms with Gasteiger partial charge in [0, 0.05) is 30.6 Å². The second-order valence-corrected chi connectivity index (χ2v) is 10.7. The summed E-state index contributed by atoms with van der Waals surface area (Å²) in [6.45, 7) is 1.10. The highest BCUT2D eigenvalue weighted by Crippen LogP contribution is 2.36. The molecule has 17 nitrogen and oxygen atoms in total. The van der Waals surface area contributed by atoms with Gasteiger partial charge in [-0.05, 0) is 42.8 Å². The Morgan fingerprint density at radius 2 is 1.29 bits per heavy atom. The van der Waals surface area contributed by atoms with Gasteiger partial charge >= 0.3 is 18.3 Å². The molecule has 1 saturated heterocycles. The van der Waals surface area contributed by atoms with Crippen LogP contribution in [0.4, 0.5) is 31.4 Å². The predicted molar refractivity (Wildman–Crippen MR) is 167 cm³/mol. The highest BCUT2D eigenvalue weighted by molar-refractivity contribution is 5.89. The number of hydrogen-bond acceptors (Lipinski definition) is 14. The molecule has 5 atom stereocenters. The van der Waals surface area contributed by atoms with Gasteiger partial charge in [0.1, 0.15) is 11.9 Å². The van der Waals surface area contributed by atoms with Crippen molar-refractivity contribution in [3.63, 3.8) is 0 Å². The number of fused-ring (bicyclic) bond motifs is 2. The molecule has 0 radical (unpaired) electrons. The molecule has 4 N–H and O–H groups in total. The van der Waals surface area contributed by atoms with Gasteiger partial charge in [0.25, 0.3) is 0 Å². The van der Waals surface area contributed by atoms with Crippen LogP contribution in [0.15, 0.2) is 54.6 Å². The number of para-hydroxylation sites is 1. The maximum Gasteiger partial charge on any atom is 0.412 e. The topological polar surface area (TPSA) is 200 Å². The quantitative estimate of drug-likeness (QED) is 0.236. The molecular formula is C32H33N3O14. The molecule has 3 aromatic carbocycles.